The molecule has 0 radical (unpaired) electrons. The maximum Gasteiger partial charge on any atom is 0.250 e. The number of ketones is 1. The fraction of sp³-hybridized carbons (Fsp3) is 0.368. The van der Waals surface area contributed by atoms with Crippen LogP contribution in [-0.2, 0) is 0 Å². The minimum absolute atomic E-state index is 0.0895. The molecule has 1 heterocycles. The molecule has 5 heteroatoms. The Morgan fingerprint density at radius 3 is 2.62 bits per heavy atom. The molecule has 126 valence electrons. The molecule has 5 nitrogen and oxygen atoms in total. The Hall–Kier alpha value is -2.56. The molecular weight excluding hydrogens is 306 g/mol. The van der Waals surface area contributed by atoms with Gasteiger partial charge in [-0.2, -0.15) is 0 Å². The Labute approximate surface area is 140 Å². The van der Waals surface area contributed by atoms with E-state index >= 15 is 0 Å². The highest BCUT2D eigenvalue weighted by Gasteiger charge is 2.20. The summed E-state index contributed by atoms with van der Waals surface area (Å²) in [7, 11) is 1.50. The molecule has 1 aromatic carbocycles. The van der Waals surface area contributed by atoms with Crippen LogP contribution in [0.5, 0.6) is 11.5 Å². The van der Waals surface area contributed by atoms with E-state index in [1.54, 1.807) is 16.8 Å². The van der Waals surface area contributed by atoms with E-state index in [1.165, 1.54) is 37.8 Å². The summed E-state index contributed by atoms with van der Waals surface area (Å²) in [6.45, 7) is 0. The van der Waals surface area contributed by atoms with Crippen molar-refractivity contribution in [1.29, 1.82) is 0 Å². The van der Waals surface area contributed by atoms with Crippen molar-refractivity contribution < 1.29 is 14.6 Å². The molecule has 0 saturated heterocycles. The van der Waals surface area contributed by atoms with Crippen molar-refractivity contribution in [3.8, 4) is 11.5 Å². The molecule has 1 aromatic heterocycles. The van der Waals surface area contributed by atoms with Gasteiger partial charge in [0.15, 0.2) is 5.78 Å². The van der Waals surface area contributed by atoms with E-state index in [4.69, 9.17) is 4.74 Å². The maximum atomic E-state index is 12.8. The molecule has 3 rings (SSSR count). The Kier molecular flexibility index (Phi) is 4.69. The average Bonchev–Trinajstić information content (AvgIpc) is 2.63. The highest BCUT2D eigenvalue weighted by molar-refractivity contribution is 6.10. The van der Waals surface area contributed by atoms with E-state index in [-0.39, 0.29) is 28.7 Å². The third kappa shape index (κ3) is 3.20. The number of carbonyl (C=O) groups is 1. The second-order valence-corrected chi connectivity index (χ2v) is 6.17. The van der Waals surface area contributed by atoms with Crippen LogP contribution in [0.3, 0.4) is 0 Å². The first-order valence-corrected chi connectivity index (χ1v) is 8.24. The van der Waals surface area contributed by atoms with Crippen molar-refractivity contribution in [1.82, 2.24) is 4.57 Å². The van der Waals surface area contributed by atoms with Crippen molar-refractivity contribution in [3.63, 3.8) is 0 Å². The number of aromatic hydroxyl groups is 1. The third-order valence-electron chi connectivity index (χ3n) is 4.62. The van der Waals surface area contributed by atoms with Gasteiger partial charge in [-0.05, 0) is 37.1 Å². The summed E-state index contributed by atoms with van der Waals surface area (Å²) < 4.78 is 6.79. The van der Waals surface area contributed by atoms with Crippen molar-refractivity contribution in [3.05, 3.63) is 58.0 Å². The number of aromatic nitrogens is 1. The van der Waals surface area contributed by atoms with Crippen LogP contribution in [0.2, 0.25) is 0 Å². The average molecular weight is 327 g/mol. The van der Waals surface area contributed by atoms with Crippen LogP contribution in [0.15, 0.2) is 41.3 Å². The SMILES string of the molecule is COc1ccc(O)c(C(=O)c2ccc(=O)n(C3CCCCC3)c2)c1. The summed E-state index contributed by atoms with van der Waals surface area (Å²) in [5.74, 6) is 0.0731. The van der Waals surface area contributed by atoms with Crippen LogP contribution in [0.1, 0.15) is 54.1 Å². The lowest BCUT2D eigenvalue weighted by molar-refractivity contribution is 0.103. The first-order valence-electron chi connectivity index (χ1n) is 8.24. The number of rotatable bonds is 4. The van der Waals surface area contributed by atoms with Gasteiger partial charge in [-0.3, -0.25) is 9.59 Å². The molecule has 2 aromatic rings. The molecular formula is C19H21NO4. The lowest BCUT2D eigenvalue weighted by Crippen LogP contribution is -2.26. The number of nitrogens with zero attached hydrogens (tertiary/aromatic N) is 1. The van der Waals surface area contributed by atoms with Crippen molar-refractivity contribution in [2.75, 3.05) is 7.11 Å². The maximum absolute atomic E-state index is 12.8. The number of pyridine rings is 1. The summed E-state index contributed by atoms with van der Waals surface area (Å²) in [6.07, 6.45) is 6.95. The van der Waals surface area contributed by atoms with Gasteiger partial charge in [-0.25, -0.2) is 0 Å². The minimum atomic E-state index is -0.323. The van der Waals surface area contributed by atoms with Gasteiger partial charge in [0.2, 0.25) is 0 Å². The molecule has 1 aliphatic rings. The van der Waals surface area contributed by atoms with Gasteiger partial charge in [-0.1, -0.05) is 19.3 Å². The highest BCUT2D eigenvalue weighted by Crippen LogP contribution is 2.28. The first-order chi connectivity index (χ1) is 11.6. The van der Waals surface area contributed by atoms with Crippen LogP contribution in [0.4, 0.5) is 0 Å². The van der Waals surface area contributed by atoms with Crippen LogP contribution >= 0.6 is 0 Å². The second kappa shape index (κ2) is 6.91. The zero-order valence-electron chi connectivity index (χ0n) is 13.7. The van der Waals surface area contributed by atoms with Gasteiger partial charge in [0.25, 0.3) is 5.56 Å². The van der Waals surface area contributed by atoms with Gasteiger partial charge in [0.05, 0.1) is 12.7 Å². The molecule has 0 spiro atoms. The largest absolute Gasteiger partial charge is 0.507 e. The van der Waals surface area contributed by atoms with E-state index in [1.807, 2.05) is 0 Å². The number of hydrogen-bond acceptors (Lipinski definition) is 4. The fourth-order valence-electron chi connectivity index (χ4n) is 3.26. The van der Waals surface area contributed by atoms with Crippen LogP contribution in [0, 0.1) is 0 Å². The highest BCUT2D eigenvalue weighted by atomic mass is 16.5. The Balaban J connectivity index is 1.97. The van der Waals surface area contributed by atoms with Crippen molar-refractivity contribution in [2.45, 2.75) is 38.1 Å². The Morgan fingerprint density at radius 1 is 1.17 bits per heavy atom. The summed E-state index contributed by atoms with van der Waals surface area (Å²) in [5.41, 5.74) is 0.472. The molecule has 0 atom stereocenters. The minimum Gasteiger partial charge on any atom is -0.507 e. The van der Waals surface area contributed by atoms with Crippen molar-refractivity contribution >= 4 is 5.78 Å². The second-order valence-electron chi connectivity index (χ2n) is 6.17. The number of phenolic OH excluding ortho intramolecular Hbond substituents is 1. The normalized spacial score (nSPS) is 15.2. The smallest absolute Gasteiger partial charge is 0.250 e. The summed E-state index contributed by atoms with van der Waals surface area (Å²) >= 11 is 0. The zero-order chi connectivity index (χ0) is 17.1. The fourth-order valence-corrected chi connectivity index (χ4v) is 3.26. The molecule has 1 fully saturated rings. The summed E-state index contributed by atoms with van der Waals surface area (Å²) in [5, 5.41) is 9.99. The topological polar surface area (TPSA) is 68.5 Å². The van der Waals surface area contributed by atoms with Crippen LogP contribution < -0.4 is 10.3 Å². The zero-order valence-corrected chi connectivity index (χ0v) is 13.7. The third-order valence-corrected chi connectivity index (χ3v) is 4.62. The molecule has 1 aliphatic carbocycles. The van der Waals surface area contributed by atoms with Gasteiger partial charge >= 0.3 is 0 Å². The molecule has 1 saturated carbocycles. The number of methoxy groups -OCH3 is 1. The number of benzene rings is 1. The van der Waals surface area contributed by atoms with Crippen LogP contribution in [-0.4, -0.2) is 22.6 Å². The predicted molar refractivity (Wildman–Crippen MR) is 90.9 cm³/mol. The van der Waals surface area contributed by atoms with E-state index in [9.17, 15) is 14.7 Å². The predicted octanol–water partition coefficient (Wildman–Crippen LogP) is 3.30. The van der Waals surface area contributed by atoms with Gasteiger partial charge in [0.1, 0.15) is 11.5 Å². The molecule has 0 aliphatic heterocycles. The lowest BCUT2D eigenvalue weighted by atomic mass is 9.95. The molecule has 0 amide bonds. The summed E-state index contributed by atoms with van der Waals surface area (Å²) in [4.78, 5) is 24.9. The molecule has 24 heavy (non-hydrogen) atoms. The quantitative estimate of drug-likeness (QED) is 0.875. The number of phenols is 1. The first kappa shape index (κ1) is 16.3. The standard InChI is InChI=1S/C19H21NO4/c1-24-15-8-9-17(21)16(11-15)19(23)13-7-10-18(22)20(12-13)14-5-3-2-4-6-14/h7-12,14,21H,2-6H2,1H3. The molecule has 0 bridgehead atoms. The molecule has 0 unspecified atom stereocenters. The van der Waals surface area contributed by atoms with Gasteiger partial charge in [0, 0.05) is 23.9 Å². The van der Waals surface area contributed by atoms with Crippen LogP contribution in [0.25, 0.3) is 0 Å². The Morgan fingerprint density at radius 2 is 1.92 bits per heavy atom. The van der Waals surface area contributed by atoms with Gasteiger partial charge < -0.3 is 14.4 Å². The van der Waals surface area contributed by atoms with E-state index < -0.39 is 0 Å². The number of carbonyl (C=O) groups excluding carboxylic acids is 1. The lowest BCUT2D eigenvalue weighted by Gasteiger charge is -2.24. The Bertz CT molecular complexity index is 803. The van der Waals surface area contributed by atoms with Crippen molar-refractivity contribution in [2.24, 2.45) is 0 Å². The number of ether oxygens (including phenoxy) is 1. The molecule has 1 N–H and O–H groups in total. The van der Waals surface area contributed by atoms with Gasteiger partial charge in [-0.15, -0.1) is 0 Å². The summed E-state index contributed by atoms with van der Waals surface area (Å²) in [6, 6.07) is 7.63. The monoisotopic (exact) mass is 327 g/mol. The van der Waals surface area contributed by atoms with E-state index in [0.717, 1.165) is 25.7 Å². The number of hydrogen-bond donors (Lipinski definition) is 1. The van der Waals surface area contributed by atoms with E-state index in [0.29, 0.717) is 11.3 Å². The van der Waals surface area contributed by atoms with E-state index in [2.05, 4.69) is 0 Å².